The third kappa shape index (κ3) is 2.75. The fourth-order valence-electron chi connectivity index (χ4n) is 0.571. The van der Waals surface area contributed by atoms with Crippen molar-refractivity contribution in [2.24, 2.45) is 5.92 Å². The average molecular weight is 115 g/mol. The molecule has 0 aromatic carbocycles. The van der Waals surface area contributed by atoms with Gasteiger partial charge in [0.2, 0.25) is 0 Å². The van der Waals surface area contributed by atoms with Crippen LogP contribution in [0.4, 0.5) is 0 Å². The summed E-state index contributed by atoms with van der Waals surface area (Å²) in [4.78, 5) is 0. The van der Waals surface area contributed by atoms with E-state index < -0.39 is 0 Å². The van der Waals surface area contributed by atoms with Crippen molar-refractivity contribution in [3.8, 4) is 0 Å². The predicted octanol–water partition coefficient (Wildman–Crippen LogP) is 1.04. The van der Waals surface area contributed by atoms with Gasteiger partial charge in [0.1, 0.15) is 0 Å². The molecule has 0 aromatic rings. The van der Waals surface area contributed by atoms with E-state index in [0.29, 0.717) is 5.92 Å². The molecule has 0 amide bonds. The van der Waals surface area contributed by atoms with E-state index in [9.17, 15) is 0 Å². The SMILES string of the molecule is CC[C@H](C=N)CCO. The summed E-state index contributed by atoms with van der Waals surface area (Å²) in [5, 5.41) is 15.2. The highest BCUT2D eigenvalue weighted by molar-refractivity contribution is 5.56. The standard InChI is InChI=1S/C6H13NO/c1-2-6(5-7)3-4-8/h5-8H,2-4H2,1H3/t6-/m0/s1. The van der Waals surface area contributed by atoms with Crippen molar-refractivity contribution in [2.75, 3.05) is 6.61 Å². The van der Waals surface area contributed by atoms with Gasteiger partial charge in [-0.2, -0.15) is 0 Å². The van der Waals surface area contributed by atoms with Gasteiger partial charge in [0.15, 0.2) is 0 Å². The zero-order valence-electron chi connectivity index (χ0n) is 5.22. The highest BCUT2D eigenvalue weighted by Gasteiger charge is 1.98. The van der Waals surface area contributed by atoms with E-state index in [1.54, 1.807) is 0 Å². The summed E-state index contributed by atoms with van der Waals surface area (Å²) in [5.74, 6) is 0.292. The molecule has 0 spiro atoms. The minimum Gasteiger partial charge on any atom is -0.396 e. The van der Waals surface area contributed by atoms with Crippen LogP contribution in [0, 0.1) is 11.3 Å². The molecule has 0 radical (unpaired) electrons. The van der Waals surface area contributed by atoms with Crippen LogP contribution in [0.5, 0.6) is 0 Å². The highest BCUT2D eigenvalue weighted by atomic mass is 16.3. The minimum absolute atomic E-state index is 0.202. The Hall–Kier alpha value is -0.370. The molecule has 0 saturated carbocycles. The molecule has 0 fully saturated rings. The summed E-state index contributed by atoms with van der Waals surface area (Å²) in [6, 6.07) is 0. The first-order chi connectivity index (χ1) is 3.85. The lowest BCUT2D eigenvalue weighted by Gasteiger charge is -2.02. The van der Waals surface area contributed by atoms with Gasteiger partial charge < -0.3 is 10.5 Å². The van der Waals surface area contributed by atoms with Crippen molar-refractivity contribution in [3.05, 3.63) is 0 Å². The molecule has 0 rings (SSSR count). The van der Waals surface area contributed by atoms with Crippen LogP contribution in [-0.2, 0) is 0 Å². The van der Waals surface area contributed by atoms with Crippen LogP contribution < -0.4 is 0 Å². The van der Waals surface area contributed by atoms with Gasteiger partial charge in [0, 0.05) is 6.61 Å². The molecule has 2 N–H and O–H groups in total. The molecule has 1 atom stereocenters. The first kappa shape index (κ1) is 7.63. The first-order valence-corrected chi connectivity index (χ1v) is 2.96. The second kappa shape index (κ2) is 4.78. The van der Waals surface area contributed by atoms with E-state index in [0.717, 1.165) is 12.8 Å². The second-order valence-electron chi connectivity index (χ2n) is 1.85. The lowest BCUT2D eigenvalue weighted by Crippen LogP contribution is -2.01. The number of rotatable bonds is 4. The van der Waals surface area contributed by atoms with Crippen LogP contribution >= 0.6 is 0 Å². The van der Waals surface area contributed by atoms with E-state index in [1.807, 2.05) is 6.92 Å². The maximum Gasteiger partial charge on any atom is 0.0437 e. The topological polar surface area (TPSA) is 44.1 Å². The van der Waals surface area contributed by atoms with Crippen molar-refractivity contribution < 1.29 is 5.11 Å². The fraction of sp³-hybridized carbons (Fsp3) is 0.833. The summed E-state index contributed by atoms with van der Waals surface area (Å²) in [5.41, 5.74) is 0. The van der Waals surface area contributed by atoms with Crippen LogP contribution in [0.1, 0.15) is 19.8 Å². The molecular weight excluding hydrogens is 102 g/mol. The van der Waals surface area contributed by atoms with E-state index in [1.165, 1.54) is 6.21 Å². The van der Waals surface area contributed by atoms with Gasteiger partial charge in [0.05, 0.1) is 0 Å². The highest BCUT2D eigenvalue weighted by Crippen LogP contribution is 2.01. The van der Waals surface area contributed by atoms with Gasteiger partial charge in [-0.25, -0.2) is 0 Å². The van der Waals surface area contributed by atoms with Gasteiger partial charge in [-0.05, 0) is 25.0 Å². The van der Waals surface area contributed by atoms with Crippen LogP contribution in [0.25, 0.3) is 0 Å². The maximum absolute atomic E-state index is 8.40. The summed E-state index contributed by atoms with van der Waals surface area (Å²) in [6.45, 7) is 2.22. The summed E-state index contributed by atoms with van der Waals surface area (Å²) in [7, 11) is 0. The van der Waals surface area contributed by atoms with Gasteiger partial charge >= 0.3 is 0 Å². The van der Waals surface area contributed by atoms with Crippen LogP contribution in [0.15, 0.2) is 0 Å². The molecule has 0 aliphatic carbocycles. The summed E-state index contributed by atoms with van der Waals surface area (Å²) in [6.07, 6.45) is 3.10. The zero-order valence-corrected chi connectivity index (χ0v) is 5.22. The summed E-state index contributed by atoms with van der Waals surface area (Å²) >= 11 is 0. The normalized spacial score (nSPS) is 13.2. The Kier molecular flexibility index (Phi) is 4.56. The van der Waals surface area contributed by atoms with Crippen LogP contribution in [0.3, 0.4) is 0 Å². The number of aliphatic hydroxyl groups is 1. The molecule has 8 heavy (non-hydrogen) atoms. The first-order valence-electron chi connectivity index (χ1n) is 2.96. The summed E-state index contributed by atoms with van der Waals surface area (Å²) < 4.78 is 0. The minimum atomic E-state index is 0.202. The monoisotopic (exact) mass is 115 g/mol. The Morgan fingerprint density at radius 1 is 1.75 bits per heavy atom. The molecule has 0 bridgehead atoms. The quantitative estimate of drug-likeness (QED) is 0.528. The lowest BCUT2D eigenvalue weighted by atomic mass is 10.1. The van der Waals surface area contributed by atoms with Gasteiger partial charge in [-0.3, -0.25) is 0 Å². The third-order valence-corrected chi connectivity index (χ3v) is 1.26. The van der Waals surface area contributed by atoms with E-state index in [-0.39, 0.29) is 6.61 Å². The lowest BCUT2D eigenvalue weighted by molar-refractivity contribution is 0.273. The zero-order chi connectivity index (χ0) is 6.41. The average Bonchev–Trinajstić information content (AvgIpc) is 1.83. The third-order valence-electron chi connectivity index (χ3n) is 1.26. The van der Waals surface area contributed by atoms with E-state index in [2.05, 4.69) is 0 Å². The van der Waals surface area contributed by atoms with E-state index >= 15 is 0 Å². The second-order valence-corrected chi connectivity index (χ2v) is 1.85. The van der Waals surface area contributed by atoms with Crippen molar-refractivity contribution in [1.82, 2.24) is 0 Å². The molecule has 0 aromatic heterocycles. The number of nitrogens with one attached hydrogen (secondary N) is 1. The molecule has 0 unspecified atom stereocenters. The predicted molar refractivity (Wildman–Crippen MR) is 34.3 cm³/mol. The Morgan fingerprint density at radius 3 is 2.50 bits per heavy atom. The number of hydrogen-bond donors (Lipinski definition) is 2. The largest absolute Gasteiger partial charge is 0.396 e. The number of aliphatic hydroxyl groups excluding tert-OH is 1. The molecule has 0 saturated heterocycles. The van der Waals surface area contributed by atoms with Crippen LogP contribution in [-0.4, -0.2) is 17.9 Å². The molecule has 48 valence electrons. The van der Waals surface area contributed by atoms with Crippen LogP contribution in [0.2, 0.25) is 0 Å². The van der Waals surface area contributed by atoms with Gasteiger partial charge in [-0.1, -0.05) is 6.92 Å². The van der Waals surface area contributed by atoms with Crippen molar-refractivity contribution in [2.45, 2.75) is 19.8 Å². The molecular formula is C6H13NO. The molecule has 2 nitrogen and oxygen atoms in total. The Morgan fingerprint density at radius 2 is 2.38 bits per heavy atom. The van der Waals surface area contributed by atoms with Crippen molar-refractivity contribution in [3.63, 3.8) is 0 Å². The fourth-order valence-corrected chi connectivity index (χ4v) is 0.571. The molecule has 0 aliphatic heterocycles. The Labute approximate surface area is 50.0 Å². The molecule has 0 aliphatic rings. The number of hydrogen-bond acceptors (Lipinski definition) is 2. The maximum atomic E-state index is 8.40. The van der Waals surface area contributed by atoms with Gasteiger partial charge in [0.25, 0.3) is 0 Å². The molecule has 2 heteroatoms. The Bertz CT molecular complexity index is 63.5. The smallest absolute Gasteiger partial charge is 0.0437 e. The molecule has 0 heterocycles. The van der Waals surface area contributed by atoms with Crippen molar-refractivity contribution >= 4 is 6.21 Å². The van der Waals surface area contributed by atoms with Gasteiger partial charge in [-0.15, -0.1) is 0 Å². The Balaban J connectivity index is 3.21. The van der Waals surface area contributed by atoms with Crippen molar-refractivity contribution in [1.29, 1.82) is 5.41 Å². The van der Waals surface area contributed by atoms with E-state index in [4.69, 9.17) is 10.5 Å².